The van der Waals surface area contributed by atoms with E-state index in [4.69, 9.17) is 4.74 Å². The lowest BCUT2D eigenvalue weighted by atomic mass is 10.1. The minimum atomic E-state index is -0.149. The molecule has 2 nitrogen and oxygen atoms in total. The van der Waals surface area contributed by atoms with E-state index in [0.29, 0.717) is 12.2 Å². The van der Waals surface area contributed by atoms with Crippen molar-refractivity contribution in [3.63, 3.8) is 0 Å². The Labute approximate surface area is 86.0 Å². The van der Waals surface area contributed by atoms with E-state index in [-0.39, 0.29) is 5.97 Å². The van der Waals surface area contributed by atoms with E-state index < -0.39 is 0 Å². The third-order valence-electron chi connectivity index (χ3n) is 1.72. The zero-order valence-corrected chi connectivity index (χ0v) is 9.17. The van der Waals surface area contributed by atoms with Crippen molar-refractivity contribution in [3.05, 3.63) is 36.1 Å². The lowest BCUT2D eigenvalue weighted by Gasteiger charge is -2.16. The average Bonchev–Trinajstić information content (AvgIpc) is 2.24. The molecule has 0 saturated carbocycles. The van der Waals surface area contributed by atoms with Crippen molar-refractivity contribution < 1.29 is 9.53 Å². The summed E-state index contributed by atoms with van der Waals surface area (Å²) in [6.45, 7) is 9.45. The number of allylic oxidation sites excluding steroid dienone is 4. The highest BCUT2D eigenvalue weighted by molar-refractivity contribution is 5.73. The molecular formula is C12H18O2. The number of cyclic esters (lactones) is 1. The van der Waals surface area contributed by atoms with Gasteiger partial charge >= 0.3 is 5.97 Å². The molecule has 0 atom stereocenters. The van der Waals surface area contributed by atoms with Gasteiger partial charge in [-0.1, -0.05) is 32.6 Å². The maximum atomic E-state index is 10.9. The van der Waals surface area contributed by atoms with Gasteiger partial charge in [0.05, 0.1) is 6.42 Å². The maximum Gasteiger partial charge on any atom is 0.311 e. The fraction of sp³-hybridized carbons (Fsp3) is 0.417. The molecular weight excluding hydrogens is 176 g/mol. The monoisotopic (exact) mass is 194 g/mol. The first-order valence-corrected chi connectivity index (χ1v) is 4.97. The van der Waals surface area contributed by atoms with Crippen molar-refractivity contribution in [2.45, 2.75) is 33.6 Å². The molecule has 0 aliphatic carbocycles. The summed E-state index contributed by atoms with van der Waals surface area (Å²) in [4.78, 5) is 10.9. The van der Waals surface area contributed by atoms with E-state index in [0.717, 1.165) is 12.0 Å². The number of rotatable bonds is 1. The number of esters is 1. The van der Waals surface area contributed by atoms with E-state index >= 15 is 0 Å². The molecule has 1 fully saturated rings. The molecule has 0 unspecified atom stereocenters. The summed E-state index contributed by atoms with van der Waals surface area (Å²) in [5.41, 5.74) is 1.05. The highest BCUT2D eigenvalue weighted by Crippen LogP contribution is 2.23. The van der Waals surface area contributed by atoms with Crippen LogP contribution in [0.25, 0.3) is 0 Å². The molecule has 0 spiro atoms. The van der Waals surface area contributed by atoms with E-state index in [1.807, 2.05) is 26.8 Å². The zero-order chi connectivity index (χ0) is 11.0. The standard InChI is InChI=1S/C10H12O2.C2H6/c1-3-5-8-6-7-10(11)12-9(8)4-2;1-2/h3-5H,1,6-7H2,2H3;1-2H3/b8-5-,9-4+;. The predicted octanol–water partition coefficient (Wildman–Crippen LogP) is 3.37. The molecule has 0 N–H and O–H groups in total. The van der Waals surface area contributed by atoms with Crippen LogP contribution < -0.4 is 0 Å². The Balaban J connectivity index is 0.000000791. The van der Waals surface area contributed by atoms with Crippen LogP contribution in [0.2, 0.25) is 0 Å². The second kappa shape index (κ2) is 7.13. The quantitative estimate of drug-likeness (QED) is 0.598. The smallest absolute Gasteiger partial charge is 0.311 e. The van der Waals surface area contributed by atoms with Crippen molar-refractivity contribution in [2.24, 2.45) is 0 Å². The van der Waals surface area contributed by atoms with Crippen LogP contribution in [-0.4, -0.2) is 5.97 Å². The molecule has 1 saturated heterocycles. The van der Waals surface area contributed by atoms with Crippen molar-refractivity contribution in [2.75, 3.05) is 0 Å². The molecule has 78 valence electrons. The number of hydrogen-bond donors (Lipinski definition) is 0. The van der Waals surface area contributed by atoms with E-state index in [1.54, 1.807) is 12.2 Å². The summed E-state index contributed by atoms with van der Waals surface area (Å²) in [7, 11) is 0. The van der Waals surface area contributed by atoms with Gasteiger partial charge < -0.3 is 4.74 Å². The topological polar surface area (TPSA) is 26.3 Å². The molecule has 0 aromatic carbocycles. The first kappa shape index (κ1) is 12.7. The van der Waals surface area contributed by atoms with Crippen LogP contribution in [0.4, 0.5) is 0 Å². The minimum Gasteiger partial charge on any atom is -0.427 e. The SMILES string of the molecule is C=C/C=C1/CCC(=O)O/C1=C/C.CC. The molecule has 1 aliphatic rings. The predicted molar refractivity (Wildman–Crippen MR) is 58.7 cm³/mol. The average molecular weight is 194 g/mol. The molecule has 14 heavy (non-hydrogen) atoms. The number of carbonyl (C=O) groups excluding carboxylic acids is 1. The number of carbonyl (C=O) groups is 1. The van der Waals surface area contributed by atoms with Gasteiger partial charge in [-0.25, -0.2) is 0 Å². The van der Waals surface area contributed by atoms with Gasteiger partial charge in [-0.05, 0) is 25.0 Å². The number of hydrogen-bond acceptors (Lipinski definition) is 2. The van der Waals surface area contributed by atoms with Gasteiger partial charge in [0, 0.05) is 0 Å². The lowest BCUT2D eigenvalue weighted by Crippen LogP contribution is -2.12. The van der Waals surface area contributed by atoms with Crippen molar-refractivity contribution in [1.82, 2.24) is 0 Å². The molecule has 0 radical (unpaired) electrons. The Morgan fingerprint density at radius 1 is 1.36 bits per heavy atom. The fourth-order valence-electron chi connectivity index (χ4n) is 1.15. The van der Waals surface area contributed by atoms with Crippen LogP contribution in [-0.2, 0) is 9.53 Å². The first-order valence-electron chi connectivity index (χ1n) is 4.97. The van der Waals surface area contributed by atoms with Gasteiger partial charge in [0.25, 0.3) is 0 Å². The fourth-order valence-corrected chi connectivity index (χ4v) is 1.15. The van der Waals surface area contributed by atoms with Gasteiger partial charge in [-0.15, -0.1) is 0 Å². The molecule has 1 aliphatic heterocycles. The van der Waals surface area contributed by atoms with Crippen molar-refractivity contribution >= 4 is 5.97 Å². The Bertz CT molecular complexity index is 259. The lowest BCUT2D eigenvalue weighted by molar-refractivity contribution is -0.140. The highest BCUT2D eigenvalue weighted by atomic mass is 16.5. The van der Waals surface area contributed by atoms with Crippen LogP contribution in [0.1, 0.15) is 33.6 Å². The molecule has 0 bridgehead atoms. The van der Waals surface area contributed by atoms with E-state index in [1.165, 1.54) is 0 Å². The molecule has 0 aromatic rings. The van der Waals surface area contributed by atoms with Crippen molar-refractivity contribution in [3.8, 4) is 0 Å². The van der Waals surface area contributed by atoms with Gasteiger partial charge in [-0.3, -0.25) is 4.79 Å². The summed E-state index contributed by atoms with van der Waals surface area (Å²) in [6, 6.07) is 0. The molecule has 0 amide bonds. The Morgan fingerprint density at radius 3 is 2.50 bits per heavy atom. The van der Waals surface area contributed by atoms with E-state index in [2.05, 4.69) is 6.58 Å². The van der Waals surface area contributed by atoms with Crippen LogP contribution >= 0.6 is 0 Å². The van der Waals surface area contributed by atoms with Gasteiger partial charge in [0.1, 0.15) is 5.76 Å². The van der Waals surface area contributed by atoms with E-state index in [9.17, 15) is 4.79 Å². The summed E-state index contributed by atoms with van der Waals surface area (Å²) >= 11 is 0. The van der Waals surface area contributed by atoms with Crippen molar-refractivity contribution in [1.29, 1.82) is 0 Å². The largest absolute Gasteiger partial charge is 0.427 e. The molecule has 1 rings (SSSR count). The van der Waals surface area contributed by atoms with Crippen LogP contribution in [0, 0.1) is 0 Å². The second-order valence-corrected chi connectivity index (χ2v) is 2.55. The van der Waals surface area contributed by atoms with Gasteiger partial charge in [-0.2, -0.15) is 0 Å². The second-order valence-electron chi connectivity index (χ2n) is 2.55. The highest BCUT2D eigenvalue weighted by Gasteiger charge is 2.17. The summed E-state index contributed by atoms with van der Waals surface area (Å²) in [6.07, 6.45) is 6.60. The van der Waals surface area contributed by atoms with Crippen LogP contribution in [0.3, 0.4) is 0 Å². The van der Waals surface area contributed by atoms with Crippen LogP contribution in [0.5, 0.6) is 0 Å². The third-order valence-corrected chi connectivity index (χ3v) is 1.72. The summed E-state index contributed by atoms with van der Waals surface area (Å²) in [5, 5.41) is 0. The van der Waals surface area contributed by atoms with Crippen LogP contribution in [0.15, 0.2) is 36.1 Å². The summed E-state index contributed by atoms with van der Waals surface area (Å²) in [5.74, 6) is 0.524. The Morgan fingerprint density at radius 2 is 2.00 bits per heavy atom. The Hall–Kier alpha value is -1.31. The maximum absolute atomic E-state index is 10.9. The molecule has 2 heteroatoms. The molecule has 0 aromatic heterocycles. The van der Waals surface area contributed by atoms with Gasteiger partial charge in [0.2, 0.25) is 0 Å². The third kappa shape index (κ3) is 3.60. The van der Waals surface area contributed by atoms with Gasteiger partial charge in [0.15, 0.2) is 0 Å². The Kier molecular flexibility index (Phi) is 6.46. The summed E-state index contributed by atoms with van der Waals surface area (Å²) < 4.78 is 5.01. The zero-order valence-electron chi connectivity index (χ0n) is 9.17. The first-order chi connectivity index (χ1) is 6.77. The number of ether oxygens (including phenoxy) is 1. The normalized spacial score (nSPS) is 21.2. The minimum absolute atomic E-state index is 0.149. The molecule has 1 heterocycles.